The molecule has 21 heavy (non-hydrogen) atoms. The number of halogens is 1. The molecular weight excluding hydrogens is 328 g/mol. The maximum absolute atomic E-state index is 12.2. The second-order valence-corrected chi connectivity index (χ2v) is 8.05. The first kappa shape index (κ1) is 16.3. The highest BCUT2D eigenvalue weighted by Gasteiger charge is 2.13. The molecule has 1 aromatic heterocycles. The normalized spacial score (nSPS) is 11.5. The maximum atomic E-state index is 12.2. The molecule has 4 nitrogen and oxygen atoms in total. The lowest BCUT2D eigenvalue weighted by atomic mass is 10.3. The molecule has 0 unspecified atom stereocenters. The molecule has 0 saturated heterocycles. The van der Waals surface area contributed by atoms with E-state index in [9.17, 15) is 8.42 Å². The molecule has 2 rings (SSSR count). The van der Waals surface area contributed by atoms with E-state index in [0.29, 0.717) is 4.34 Å². The van der Waals surface area contributed by atoms with Crippen molar-refractivity contribution in [1.29, 1.82) is 0 Å². The first-order valence-corrected chi connectivity index (χ1v) is 9.27. The zero-order chi connectivity index (χ0) is 15.3. The fourth-order valence-corrected chi connectivity index (χ4v) is 3.84. The van der Waals surface area contributed by atoms with Crippen LogP contribution in [0.2, 0.25) is 4.34 Å². The van der Waals surface area contributed by atoms with Crippen molar-refractivity contribution in [3.8, 4) is 0 Å². The minimum atomic E-state index is -3.50. The fraction of sp³-hybridized carbons (Fsp3) is 0.286. The first-order valence-electron chi connectivity index (χ1n) is 6.59. The van der Waals surface area contributed by atoms with E-state index in [-0.39, 0.29) is 11.4 Å². The van der Waals surface area contributed by atoms with Gasteiger partial charge in [0.1, 0.15) is 0 Å². The molecule has 1 heterocycles. The Bertz CT molecular complexity index is 681. The molecule has 0 spiro atoms. The summed E-state index contributed by atoms with van der Waals surface area (Å²) in [5.74, 6) is 0. The van der Waals surface area contributed by atoms with Gasteiger partial charge in [-0.1, -0.05) is 18.5 Å². The van der Waals surface area contributed by atoms with Crippen LogP contribution in [0.5, 0.6) is 0 Å². The van der Waals surface area contributed by atoms with Gasteiger partial charge in [-0.3, -0.25) is 0 Å². The highest BCUT2D eigenvalue weighted by atomic mass is 35.5. The van der Waals surface area contributed by atoms with Gasteiger partial charge in [-0.05, 0) is 42.8 Å². The topological polar surface area (TPSA) is 58.2 Å². The van der Waals surface area contributed by atoms with Crippen LogP contribution in [0.4, 0.5) is 5.69 Å². The monoisotopic (exact) mass is 344 g/mol. The highest BCUT2D eigenvalue weighted by Crippen LogP contribution is 2.22. The summed E-state index contributed by atoms with van der Waals surface area (Å²) in [6.07, 6.45) is 1.02. The van der Waals surface area contributed by atoms with Crippen LogP contribution in [0.15, 0.2) is 41.3 Å². The molecule has 1 aromatic carbocycles. The summed E-state index contributed by atoms with van der Waals surface area (Å²) in [6.45, 7) is 3.19. The van der Waals surface area contributed by atoms with Gasteiger partial charge >= 0.3 is 0 Å². The zero-order valence-corrected chi connectivity index (χ0v) is 14.0. The molecule has 0 radical (unpaired) electrons. The third-order valence-electron chi connectivity index (χ3n) is 2.81. The van der Waals surface area contributed by atoms with Gasteiger partial charge in [-0.25, -0.2) is 13.1 Å². The number of sulfonamides is 1. The summed E-state index contributed by atoms with van der Waals surface area (Å²) in [7, 11) is -3.50. The number of anilines is 1. The zero-order valence-electron chi connectivity index (χ0n) is 11.6. The lowest BCUT2D eigenvalue weighted by Gasteiger charge is -2.08. The molecule has 0 fully saturated rings. The van der Waals surface area contributed by atoms with Crippen molar-refractivity contribution < 1.29 is 8.42 Å². The standard InChI is InChI=1S/C14H17ClN2O2S2/c1-2-9-16-11-3-6-13(7-4-11)21(18,19)17-10-12-5-8-14(15)20-12/h3-8,16-17H,2,9-10H2,1H3. The third-order valence-corrected chi connectivity index (χ3v) is 5.46. The minimum Gasteiger partial charge on any atom is -0.385 e. The molecule has 0 aliphatic rings. The number of thiophene rings is 1. The van der Waals surface area contributed by atoms with Crippen molar-refractivity contribution in [2.75, 3.05) is 11.9 Å². The quantitative estimate of drug-likeness (QED) is 0.805. The lowest BCUT2D eigenvalue weighted by molar-refractivity contribution is 0.582. The SMILES string of the molecule is CCCNc1ccc(S(=O)(=O)NCc2ccc(Cl)s2)cc1. The van der Waals surface area contributed by atoms with Crippen molar-refractivity contribution in [2.45, 2.75) is 24.8 Å². The van der Waals surface area contributed by atoms with Crippen LogP contribution in [0.25, 0.3) is 0 Å². The number of nitrogens with one attached hydrogen (secondary N) is 2. The summed E-state index contributed by atoms with van der Waals surface area (Å²) in [6, 6.07) is 10.3. The van der Waals surface area contributed by atoms with Crippen LogP contribution in [-0.2, 0) is 16.6 Å². The van der Waals surface area contributed by atoms with Crippen LogP contribution < -0.4 is 10.0 Å². The Morgan fingerprint density at radius 3 is 2.43 bits per heavy atom. The molecule has 2 N–H and O–H groups in total. The van der Waals surface area contributed by atoms with Gasteiger partial charge in [0.15, 0.2) is 0 Å². The van der Waals surface area contributed by atoms with Crippen LogP contribution in [0, 0.1) is 0 Å². The van der Waals surface area contributed by atoms with Gasteiger partial charge in [0.25, 0.3) is 0 Å². The average molecular weight is 345 g/mol. The van der Waals surface area contributed by atoms with Gasteiger partial charge in [0.2, 0.25) is 10.0 Å². The first-order chi connectivity index (χ1) is 10.0. The summed E-state index contributed by atoms with van der Waals surface area (Å²) in [4.78, 5) is 1.14. The molecule has 0 atom stereocenters. The van der Waals surface area contributed by atoms with E-state index < -0.39 is 10.0 Å². The van der Waals surface area contributed by atoms with Crippen molar-refractivity contribution >= 4 is 38.6 Å². The second-order valence-electron chi connectivity index (χ2n) is 4.48. The average Bonchev–Trinajstić information content (AvgIpc) is 2.89. The van der Waals surface area contributed by atoms with Gasteiger partial charge < -0.3 is 5.32 Å². The predicted molar refractivity (Wildman–Crippen MR) is 88.6 cm³/mol. The molecule has 0 aliphatic carbocycles. The Labute approximate surface area is 134 Å². The van der Waals surface area contributed by atoms with Crippen LogP contribution in [-0.4, -0.2) is 15.0 Å². The van der Waals surface area contributed by atoms with Crippen molar-refractivity contribution in [3.63, 3.8) is 0 Å². The van der Waals surface area contributed by atoms with Gasteiger partial charge in [-0.15, -0.1) is 11.3 Å². The Morgan fingerprint density at radius 1 is 1.14 bits per heavy atom. The molecule has 0 amide bonds. The molecule has 2 aromatic rings. The molecular formula is C14H17ClN2O2S2. The Morgan fingerprint density at radius 2 is 1.86 bits per heavy atom. The van der Waals surface area contributed by atoms with E-state index in [1.165, 1.54) is 11.3 Å². The molecule has 7 heteroatoms. The second kappa shape index (κ2) is 7.26. The van der Waals surface area contributed by atoms with Crippen molar-refractivity contribution in [3.05, 3.63) is 45.6 Å². The summed E-state index contributed by atoms with van der Waals surface area (Å²) >= 11 is 7.18. The summed E-state index contributed by atoms with van der Waals surface area (Å²) in [5.41, 5.74) is 0.917. The Kier molecular flexibility index (Phi) is 5.64. The number of hydrogen-bond donors (Lipinski definition) is 2. The van der Waals surface area contributed by atoms with Crippen LogP contribution >= 0.6 is 22.9 Å². The van der Waals surface area contributed by atoms with Crippen molar-refractivity contribution in [1.82, 2.24) is 4.72 Å². The van der Waals surface area contributed by atoms with Crippen LogP contribution in [0.3, 0.4) is 0 Å². The van der Waals surface area contributed by atoms with Crippen molar-refractivity contribution in [2.24, 2.45) is 0 Å². The number of rotatable bonds is 7. The molecule has 0 aliphatic heterocycles. The molecule has 0 bridgehead atoms. The third kappa shape index (κ3) is 4.71. The largest absolute Gasteiger partial charge is 0.385 e. The van der Waals surface area contributed by atoms with Crippen LogP contribution in [0.1, 0.15) is 18.2 Å². The summed E-state index contributed by atoms with van der Waals surface area (Å²) in [5, 5.41) is 3.21. The van der Waals surface area contributed by atoms with E-state index in [1.807, 2.05) is 6.07 Å². The fourth-order valence-electron chi connectivity index (χ4n) is 1.72. The Balaban J connectivity index is 2.01. The number of benzene rings is 1. The lowest BCUT2D eigenvalue weighted by Crippen LogP contribution is -2.22. The maximum Gasteiger partial charge on any atom is 0.240 e. The minimum absolute atomic E-state index is 0.246. The van der Waals surface area contributed by atoms with Gasteiger partial charge in [0.05, 0.1) is 9.23 Å². The van der Waals surface area contributed by atoms with E-state index >= 15 is 0 Å². The van der Waals surface area contributed by atoms with E-state index in [1.54, 1.807) is 30.3 Å². The highest BCUT2D eigenvalue weighted by molar-refractivity contribution is 7.89. The van der Waals surface area contributed by atoms with E-state index in [0.717, 1.165) is 23.5 Å². The predicted octanol–water partition coefficient (Wildman–Crippen LogP) is 3.70. The van der Waals surface area contributed by atoms with E-state index in [4.69, 9.17) is 11.6 Å². The summed E-state index contributed by atoms with van der Waals surface area (Å²) < 4.78 is 27.6. The van der Waals surface area contributed by atoms with Gasteiger partial charge in [-0.2, -0.15) is 0 Å². The molecule has 0 saturated carbocycles. The van der Waals surface area contributed by atoms with E-state index in [2.05, 4.69) is 17.0 Å². The number of hydrogen-bond acceptors (Lipinski definition) is 4. The Hall–Kier alpha value is -1.08. The smallest absolute Gasteiger partial charge is 0.240 e. The van der Waals surface area contributed by atoms with Gasteiger partial charge in [0, 0.05) is 23.7 Å². The molecule has 114 valence electrons.